The maximum Gasteiger partial charge on any atom is 0.0641 e. The Kier molecular flexibility index (Phi) is 3.28. The molecule has 0 aliphatic carbocycles. The Balaban J connectivity index is 2.11. The molecule has 2 heterocycles. The van der Waals surface area contributed by atoms with Crippen LogP contribution < -0.4 is 5.73 Å². The molecule has 0 amide bonds. The van der Waals surface area contributed by atoms with Gasteiger partial charge >= 0.3 is 0 Å². The summed E-state index contributed by atoms with van der Waals surface area (Å²) in [5.74, 6) is 0. The first-order valence-electron chi connectivity index (χ1n) is 5.87. The fourth-order valence-electron chi connectivity index (χ4n) is 2.03. The van der Waals surface area contributed by atoms with E-state index in [0.717, 1.165) is 24.2 Å². The topological polar surface area (TPSA) is 61.7 Å². The second-order valence-electron chi connectivity index (χ2n) is 4.36. The molecule has 0 saturated carbocycles. The van der Waals surface area contributed by atoms with Gasteiger partial charge < -0.3 is 5.73 Å². The molecule has 5 heteroatoms. The van der Waals surface area contributed by atoms with Gasteiger partial charge in [-0.1, -0.05) is 0 Å². The van der Waals surface area contributed by atoms with Gasteiger partial charge in [-0.25, -0.2) is 0 Å². The summed E-state index contributed by atoms with van der Waals surface area (Å²) in [6.07, 6.45) is 6.72. The van der Waals surface area contributed by atoms with Crippen molar-refractivity contribution in [2.24, 2.45) is 12.8 Å². The van der Waals surface area contributed by atoms with Gasteiger partial charge in [0.1, 0.15) is 0 Å². The Morgan fingerprint density at radius 2 is 2.18 bits per heavy atom. The zero-order chi connectivity index (χ0) is 12.4. The molecule has 0 aliphatic heterocycles. The first kappa shape index (κ1) is 11.9. The lowest BCUT2D eigenvalue weighted by Gasteiger charge is -2.08. The van der Waals surface area contributed by atoms with E-state index >= 15 is 0 Å². The molecule has 2 aromatic heterocycles. The van der Waals surface area contributed by atoms with Gasteiger partial charge in [0.2, 0.25) is 0 Å². The van der Waals surface area contributed by atoms with Crippen LogP contribution in [0.5, 0.6) is 0 Å². The number of nitrogens with zero attached hydrogens (tertiary/aromatic N) is 4. The number of nitrogens with two attached hydrogens (primary N) is 1. The minimum Gasteiger partial charge on any atom is -0.324 e. The average molecular weight is 233 g/mol. The largest absolute Gasteiger partial charge is 0.324 e. The highest BCUT2D eigenvalue weighted by Crippen LogP contribution is 2.18. The van der Waals surface area contributed by atoms with Crippen molar-refractivity contribution in [1.29, 1.82) is 0 Å². The molecule has 5 nitrogen and oxygen atoms in total. The fourth-order valence-corrected chi connectivity index (χ4v) is 2.03. The van der Waals surface area contributed by atoms with Crippen molar-refractivity contribution in [1.82, 2.24) is 19.6 Å². The van der Waals surface area contributed by atoms with Crippen LogP contribution in [-0.2, 0) is 20.0 Å². The van der Waals surface area contributed by atoms with Crippen LogP contribution in [0.25, 0.3) is 0 Å². The number of aryl methyl sites for hydroxylation is 3. The van der Waals surface area contributed by atoms with Crippen molar-refractivity contribution in [3.63, 3.8) is 0 Å². The summed E-state index contributed by atoms with van der Waals surface area (Å²) in [6, 6.07) is -0.0155. The molecule has 0 spiro atoms. The second-order valence-corrected chi connectivity index (χ2v) is 4.36. The number of hydrogen-bond acceptors (Lipinski definition) is 3. The van der Waals surface area contributed by atoms with Crippen LogP contribution in [0.1, 0.15) is 29.8 Å². The molecule has 0 saturated heterocycles. The van der Waals surface area contributed by atoms with E-state index in [1.54, 1.807) is 4.68 Å². The average Bonchev–Trinajstić information content (AvgIpc) is 2.85. The Morgan fingerprint density at radius 3 is 2.71 bits per heavy atom. The molecule has 0 radical (unpaired) electrons. The van der Waals surface area contributed by atoms with E-state index in [-0.39, 0.29) is 6.04 Å². The van der Waals surface area contributed by atoms with Gasteiger partial charge in [0.15, 0.2) is 0 Å². The summed E-state index contributed by atoms with van der Waals surface area (Å²) in [7, 11) is 1.92. The van der Waals surface area contributed by atoms with Crippen molar-refractivity contribution < 1.29 is 0 Å². The Hall–Kier alpha value is -1.62. The molecule has 1 atom stereocenters. The van der Waals surface area contributed by atoms with Crippen LogP contribution >= 0.6 is 0 Å². The molecule has 0 aliphatic rings. The smallest absolute Gasteiger partial charge is 0.0641 e. The lowest BCUT2D eigenvalue weighted by Crippen LogP contribution is -2.13. The molecule has 17 heavy (non-hydrogen) atoms. The molecule has 2 aromatic rings. The zero-order valence-electron chi connectivity index (χ0n) is 10.6. The predicted octanol–water partition coefficient (Wildman–Crippen LogP) is 1.19. The highest BCUT2D eigenvalue weighted by Gasteiger charge is 2.13. The molecule has 0 bridgehead atoms. The lowest BCUT2D eigenvalue weighted by atomic mass is 10.0. The summed E-state index contributed by atoms with van der Waals surface area (Å²) < 4.78 is 3.72. The number of aromatic nitrogens is 4. The van der Waals surface area contributed by atoms with Crippen LogP contribution in [0.4, 0.5) is 0 Å². The fraction of sp³-hybridized carbons (Fsp3) is 0.500. The van der Waals surface area contributed by atoms with Crippen LogP contribution in [0.3, 0.4) is 0 Å². The van der Waals surface area contributed by atoms with Crippen LogP contribution in [0.2, 0.25) is 0 Å². The van der Waals surface area contributed by atoms with Gasteiger partial charge in [-0.3, -0.25) is 9.36 Å². The van der Waals surface area contributed by atoms with Crippen LogP contribution in [0, 0.1) is 6.92 Å². The summed E-state index contributed by atoms with van der Waals surface area (Å²) >= 11 is 0. The Morgan fingerprint density at radius 1 is 1.41 bits per heavy atom. The van der Waals surface area contributed by atoms with Gasteiger partial charge in [0.25, 0.3) is 0 Å². The van der Waals surface area contributed by atoms with E-state index in [9.17, 15) is 0 Å². The van der Waals surface area contributed by atoms with Crippen molar-refractivity contribution in [3.8, 4) is 0 Å². The van der Waals surface area contributed by atoms with Gasteiger partial charge in [-0.2, -0.15) is 10.2 Å². The van der Waals surface area contributed by atoms with E-state index in [1.165, 1.54) is 5.56 Å². The first-order chi connectivity index (χ1) is 8.10. The number of rotatable bonds is 4. The molecule has 0 aromatic carbocycles. The van der Waals surface area contributed by atoms with Gasteiger partial charge in [0.05, 0.1) is 11.9 Å². The summed E-state index contributed by atoms with van der Waals surface area (Å²) in [5, 5.41) is 8.56. The normalized spacial score (nSPS) is 12.9. The Bertz CT molecular complexity index is 497. The molecular formula is C12H19N5. The maximum absolute atomic E-state index is 6.20. The highest BCUT2D eigenvalue weighted by molar-refractivity contribution is 5.22. The maximum atomic E-state index is 6.20. The molecule has 92 valence electrons. The third-order valence-corrected chi connectivity index (χ3v) is 2.92. The van der Waals surface area contributed by atoms with E-state index < -0.39 is 0 Å². The third-order valence-electron chi connectivity index (χ3n) is 2.92. The van der Waals surface area contributed by atoms with Crippen molar-refractivity contribution in [3.05, 3.63) is 35.4 Å². The standard InChI is InChI=1S/C12H19N5/c1-4-17-7-10(6-14-17)5-12(13)11-8-16(3)15-9(11)2/h6-8,12H,4-5,13H2,1-3H3. The SMILES string of the molecule is CCn1cc(CC(N)c2cn(C)nc2C)cn1. The van der Waals surface area contributed by atoms with Gasteiger partial charge in [-0.15, -0.1) is 0 Å². The summed E-state index contributed by atoms with van der Waals surface area (Å²) in [6.45, 7) is 4.95. The molecule has 2 rings (SSSR count). The lowest BCUT2D eigenvalue weighted by molar-refractivity contribution is 0.657. The summed E-state index contributed by atoms with van der Waals surface area (Å²) in [4.78, 5) is 0. The highest BCUT2D eigenvalue weighted by atomic mass is 15.3. The molecule has 2 N–H and O–H groups in total. The Labute approximate surface area is 101 Å². The summed E-state index contributed by atoms with van der Waals surface area (Å²) in [5.41, 5.74) is 9.48. The second kappa shape index (κ2) is 4.71. The van der Waals surface area contributed by atoms with Gasteiger partial charge in [0, 0.05) is 37.6 Å². The third kappa shape index (κ3) is 2.55. The van der Waals surface area contributed by atoms with E-state index in [2.05, 4.69) is 17.1 Å². The van der Waals surface area contributed by atoms with Crippen molar-refractivity contribution in [2.45, 2.75) is 32.9 Å². The van der Waals surface area contributed by atoms with E-state index in [0.29, 0.717) is 0 Å². The van der Waals surface area contributed by atoms with Crippen molar-refractivity contribution >= 4 is 0 Å². The van der Waals surface area contributed by atoms with E-state index in [4.69, 9.17) is 5.73 Å². The number of hydrogen-bond donors (Lipinski definition) is 1. The minimum atomic E-state index is -0.0155. The monoisotopic (exact) mass is 233 g/mol. The molecule has 0 fully saturated rings. The quantitative estimate of drug-likeness (QED) is 0.862. The molecule has 1 unspecified atom stereocenters. The van der Waals surface area contributed by atoms with Gasteiger partial charge in [-0.05, 0) is 25.8 Å². The van der Waals surface area contributed by atoms with Crippen LogP contribution in [-0.4, -0.2) is 19.6 Å². The van der Waals surface area contributed by atoms with Crippen LogP contribution in [0.15, 0.2) is 18.6 Å². The van der Waals surface area contributed by atoms with Crippen molar-refractivity contribution in [2.75, 3.05) is 0 Å². The molecular weight excluding hydrogens is 214 g/mol. The van der Waals surface area contributed by atoms with E-state index in [1.807, 2.05) is 37.2 Å². The predicted molar refractivity (Wildman–Crippen MR) is 66.5 cm³/mol. The zero-order valence-corrected chi connectivity index (χ0v) is 10.6. The first-order valence-corrected chi connectivity index (χ1v) is 5.87. The minimum absolute atomic E-state index is 0.0155.